The predicted molar refractivity (Wildman–Crippen MR) is 103 cm³/mol. The van der Waals surface area contributed by atoms with Gasteiger partial charge < -0.3 is 9.15 Å². The van der Waals surface area contributed by atoms with E-state index in [1.807, 2.05) is 25.1 Å². The van der Waals surface area contributed by atoms with Crippen LogP contribution in [0, 0.1) is 6.92 Å². The highest BCUT2D eigenvalue weighted by atomic mass is 16.6. The Bertz CT molecular complexity index is 1030. The topological polar surface area (TPSA) is 68.5 Å². The third-order valence-corrected chi connectivity index (χ3v) is 3.81. The van der Waals surface area contributed by atoms with Gasteiger partial charge in [-0.25, -0.2) is 9.59 Å². The Morgan fingerprint density at radius 2 is 1.77 bits per heavy atom. The van der Waals surface area contributed by atoms with Crippen molar-refractivity contribution in [3.8, 4) is 11.1 Å². The summed E-state index contributed by atoms with van der Waals surface area (Å²) in [6.45, 7) is 7.26. The van der Waals surface area contributed by atoms with Crippen molar-refractivity contribution in [2.45, 2.75) is 33.3 Å². The summed E-state index contributed by atoms with van der Waals surface area (Å²) in [5.41, 5.74) is 1.85. The minimum absolute atomic E-state index is 0.384. The molecule has 0 aliphatic carbocycles. The second kappa shape index (κ2) is 6.67. The first-order chi connectivity index (χ1) is 12.2. The molecule has 1 aromatic heterocycles. The van der Waals surface area contributed by atoms with Crippen LogP contribution >= 0.6 is 0 Å². The van der Waals surface area contributed by atoms with Gasteiger partial charge in [-0.15, -0.1) is 0 Å². The van der Waals surface area contributed by atoms with Gasteiger partial charge in [-0.3, -0.25) is 5.32 Å². The fraction of sp³-hybridized carbons (Fsp3) is 0.238. The number of rotatable bonds is 2. The molecule has 0 unspecified atom stereocenters. The molecule has 0 aliphatic rings. The summed E-state index contributed by atoms with van der Waals surface area (Å²) in [6.07, 6.45) is -0.578. The molecule has 0 atom stereocenters. The lowest BCUT2D eigenvalue weighted by molar-refractivity contribution is 0.0636. The van der Waals surface area contributed by atoms with Crippen LogP contribution in [0.15, 0.2) is 57.7 Å². The number of benzene rings is 2. The van der Waals surface area contributed by atoms with Gasteiger partial charge in [0, 0.05) is 10.9 Å². The Hall–Kier alpha value is -3.08. The normalized spacial score (nSPS) is 11.4. The van der Waals surface area contributed by atoms with Crippen molar-refractivity contribution < 1.29 is 13.9 Å². The van der Waals surface area contributed by atoms with Crippen LogP contribution in [0.5, 0.6) is 0 Å². The van der Waals surface area contributed by atoms with Crippen LogP contribution in [0.25, 0.3) is 22.1 Å². The highest BCUT2D eigenvalue weighted by molar-refractivity contribution is 5.93. The number of ether oxygens (including phenoxy) is 1. The predicted octanol–water partition coefficient (Wildman–Crippen LogP) is 5.12. The van der Waals surface area contributed by atoms with Crippen molar-refractivity contribution >= 4 is 22.7 Å². The first kappa shape index (κ1) is 17.7. The number of para-hydroxylation sites is 2. The first-order valence-corrected chi connectivity index (χ1v) is 8.37. The van der Waals surface area contributed by atoms with Crippen molar-refractivity contribution in [3.63, 3.8) is 0 Å². The lowest BCUT2D eigenvalue weighted by Gasteiger charge is -2.20. The van der Waals surface area contributed by atoms with Crippen molar-refractivity contribution in [3.05, 3.63) is 64.5 Å². The second-order valence-corrected chi connectivity index (χ2v) is 7.11. The molecule has 0 saturated carbocycles. The molecule has 0 spiro atoms. The number of aryl methyl sites for hydroxylation is 1. The molecular formula is C21H21NO4. The molecule has 134 valence electrons. The molecule has 1 N–H and O–H groups in total. The quantitative estimate of drug-likeness (QED) is 0.651. The SMILES string of the molecule is Cc1cccc2cc(-c3ccccc3NC(=O)OC(C)(C)C)c(=O)oc12. The first-order valence-electron chi connectivity index (χ1n) is 8.37. The van der Waals surface area contributed by atoms with E-state index in [1.54, 1.807) is 51.1 Å². The van der Waals surface area contributed by atoms with Gasteiger partial charge in [0.15, 0.2) is 0 Å². The third kappa shape index (κ3) is 3.77. The molecule has 0 aliphatic heterocycles. The van der Waals surface area contributed by atoms with Gasteiger partial charge in [0.1, 0.15) is 11.2 Å². The maximum Gasteiger partial charge on any atom is 0.412 e. The molecular weight excluding hydrogens is 330 g/mol. The Morgan fingerprint density at radius 1 is 1.04 bits per heavy atom. The molecule has 3 rings (SSSR count). The van der Waals surface area contributed by atoms with E-state index in [-0.39, 0.29) is 0 Å². The Labute approximate surface area is 151 Å². The number of fused-ring (bicyclic) bond motifs is 1. The van der Waals surface area contributed by atoms with E-state index in [2.05, 4.69) is 5.32 Å². The molecule has 5 nitrogen and oxygen atoms in total. The standard InChI is InChI=1S/C21H21NO4/c1-13-8-7-9-14-12-16(19(23)25-18(13)14)15-10-5-6-11-17(15)22-20(24)26-21(2,3)4/h5-12H,1-4H3,(H,22,24). The highest BCUT2D eigenvalue weighted by Gasteiger charge is 2.18. The minimum atomic E-state index is -0.613. The molecule has 1 amide bonds. The molecule has 0 radical (unpaired) electrons. The summed E-state index contributed by atoms with van der Waals surface area (Å²) >= 11 is 0. The van der Waals surface area contributed by atoms with Crippen LogP contribution < -0.4 is 10.9 Å². The van der Waals surface area contributed by atoms with Gasteiger partial charge >= 0.3 is 11.7 Å². The Kier molecular flexibility index (Phi) is 4.55. The zero-order chi connectivity index (χ0) is 18.9. The third-order valence-electron chi connectivity index (χ3n) is 3.81. The molecule has 26 heavy (non-hydrogen) atoms. The maximum atomic E-state index is 12.5. The van der Waals surface area contributed by atoms with Gasteiger partial charge in [-0.2, -0.15) is 0 Å². The molecule has 3 aromatic rings. The van der Waals surface area contributed by atoms with Gasteiger partial charge in [0.25, 0.3) is 0 Å². The van der Waals surface area contributed by atoms with Crippen LogP contribution in [0.3, 0.4) is 0 Å². The zero-order valence-corrected chi connectivity index (χ0v) is 15.3. The van der Waals surface area contributed by atoms with E-state index < -0.39 is 17.3 Å². The van der Waals surface area contributed by atoms with E-state index in [0.29, 0.717) is 22.4 Å². The number of hydrogen-bond acceptors (Lipinski definition) is 4. The fourth-order valence-corrected chi connectivity index (χ4v) is 2.72. The lowest BCUT2D eigenvalue weighted by atomic mass is 10.0. The second-order valence-electron chi connectivity index (χ2n) is 7.11. The van der Waals surface area contributed by atoms with Crippen LogP contribution in [0.2, 0.25) is 0 Å². The largest absolute Gasteiger partial charge is 0.444 e. The summed E-state index contributed by atoms with van der Waals surface area (Å²) in [4.78, 5) is 24.7. The average molecular weight is 351 g/mol. The number of anilines is 1. The monoisotopic (exact) mass is 351 g/mol. The Morgan fingerprint density at radius 3 is 2.50 bits per heavy atom. The van der Waals surface area contributed by atoms with Crippen LogP contribution in [0.1, 0.15) is 26.3 Å². The lowest BCUT2D eigenvalue weighted by Crippen LogP contribution is -2.27. The van der Waals surface area contributed by atoms with Crippen molar-refractivity contribution in [2.24, 2.45) is 0 Å². The van der Waals surface area contributed by atoms with E-state index in [0.717, 1.165) is 10.9 Å². The van der Waals surface area contributed by atoms with Gasteiger partial charge in [0.2, 0.25) is 0 Å². The fourth-order valence-electron chi connectivity index (χ4n) is 2.72. The number of carbonyl (C=O) groups is 1. The summed E-state index contributed by atoms with van der Waals surface area (Å²) in [6, 6.07) is 14.5. The van der Waals surface area contributed by atoms with Crippen LogP contribution in [-0.2, 0) is 4.74 Å². The van der Waals surface area contributed by atoms with E-state index >= 15 is 0 Å². The van der Waals surface area contributed by atoms with Gasteiger partial charge in [-0.05, 0) is 45.4 Å². The van der Waals surface area contributed by atoms with Crippen LogP contribution in [-0.4, -0.2) is 11.7 Å². The molecule has 0 saturated heterocycles. The number of carbonyl (C=O) groups excluding carboxylic acids is 1. The van der Waals surface area contributed by atoms with Crippen molar-refractivity contribution in [2.75, 3.05) is 5.32 Å². The van der Waals surface area contributed by atoms with E-state index in [4.69, 9.17) is 9.15 Å². The molecule has 0 bridgehead atoms. The van der Waals surface area contributed by atoms with Crippen LogP contribution in [0.4, 0.5) is 10.5 Å². The molecule has 2 aromatic carbocycles. The van der Waals surface area contributed by atoms with Crippen molar-refractivity contribution in [1.29, 1.82) is 0 Å². The summed E-state index contributed by atoms with van der Waals surface area (Å²) in [5, 5.41) is 3.54. The number of amides is 1. The average Bonchev–Trinajstić information content (AvgIpc) is 2.54. The van der Waals surface area contributed by atoms with Crippen molar-refractivity contribution in [1.82, 2.24) is 0 Å². The van der Waals surface area contributed by atoms with E-state index in [9.17, 15) is 9.59 Å². The smallest absolute Gasteiger partial charge is 0.412 e. The number of hydrogen-bond donors (Lipinski definition) is 1. The molecule has 1 heterocycles. The zero-order valence-electron chi connectivity index (χ0n) is 15.3. The maximum absolute atomic E-state index is 12.5. The summed E-state index contributed by atoms with van der Waals surface area (Å²) in [5.74, 6) is 0. The highest BCUT2D eigenvalue weighted by Crippen LogP contribution is 2.29. The molecule has 0 fully saturated rings. The minimum Gasteiger partial charge on any atom is -0.444 e. The van der Waals surface area contributed by atoms with Gasteiger partial charge in [-0.1, -0.05) is 36.4 Å². The summed E-state index contributed by atoms with van der Waals surface area (Å²) < 4.78 is 10.8. The van der Waals surface area contributed by atoms with E-state index in [1.165, 1.54) is 0 Å². The molecule has 5 heteroatoms. The Balaban J connectivity index is 2.05. The van der Waals surface area contributed by atoms with Gasteiger partial charge in [0.05, 0.1) is 11.3 Å². The summed E-state index contributed by atoms with van der Waals surface area (Å²) in [7, 11) is 0. The number of nitrogens with one attached hydrogen (secondary N) is 1.